The van der Waals surface area contributed by atoms with E-state index < -0.39 is 48.2 Å². The molecule has 1 fully saturated rings. The first kappa shape index (κ1) is 13.6. The molecule has 0 spiro atoms. The van der Waals surface area contributed by atoms with Gasteiger partial charge in [0.1, 0.15) is 30.2 Å². The van der Waals surface area contributed by atoms with E-state index in [-0.39, 0.29) is 5.82 Å². The molecule has 19 heavy (non-hydrogen) atoms. The fraction of sp³-hybridized carbons (Fsp3) is 0.500. The van der Waals surface area contributed by atoms with Crippen LogP contribution in [0, 0.1) is 0 Å². The topological polar surface area (TPSA) is 153 Å². The van der Waals surface area contributed by atoms with E-state index in [0.29, 0.717) is 0 Å². The zero-order valence-corrected chi connectivity index (χ0v) is 9.55. The van der Waals surface area contributed by atoms with E-state index in [1.807, 2.05) is 0 Å². The van der Waals surface area contributed by atoms with Gasteiger partial charge in [0.15, 0.2) is 5.69 Å². The van der Waals surface area contributed by atoms with E-state index in [1.165, 1.54) is 0 Å². The number of carboxylic acids is 1. The van der Waals surface area contributed by atoms with Gasteiger partial charge in [0, 0.05) is 6.07 Å². The molecule has 0 unspecified atom stereocenters. The third-order valence-corrected chi connectivity index (χ3v) is 2.79. The van der Waals surface area contributed by atoms with Crippen molar-refractivity contribution in [1.29, 1.82) is 0 Å². The maximum atomic E-state index is 11.3. The van der Waals surface area contributed by atoms with Crippen LogP contribution >= 0.6 is 0 Å². The van der Waals surface area contributed by atoms with Gasteiger partial charge in [-0.2, -0.15) is 0 Å². The normalized spacial score (nSPS) is 30.5. The Morgan fingerprint density at radius 2 is 2.11 bits per heavy atom. The largest absolute Gasteiger partial charge is 0.477 e. The van der Waals surface area contributed by atoms with E-state index >= 15 is 0 Å². The summed E-state index contributed by atoms with van der Waals surface area (Å²) < 4.78 is 5.14. The summed E-state index contributed by atoms with van der Waals surface area (Å²) in [5, 5.41) is 37.0. The molecule has 1 saturated heterocycles. The standard InChI is InChI=1S/C10H12N2O7/c13-2-4-6(15)7(16)8(19-4)9-11-3(10(17)18)1-5(14)12-9/h1,4,6-8,13,15-16H,2H2,(H,17,18)(H,11,12,14)/t4-,6-,7-,8-/m1/s1. The molecule has 0 saturated carbocycles. The lowest BCUT2D eigenvalue weighted by Crippen LogP contribution is -2.32. The lowest BCUT2D eigenvalue weighted by atomic mass is 10.1. The third-order valence-electron chi connectivity index (χ3n) is 2.79. The van der Waals surface area contributed by atoms with Crippen LogP contribution in [-0.2, 0) is 4.74 Å². The molecule has 9 nitrogen and oxygen atoms in total. The van der Waals surface area contributed by atoms with Crippen molar-refractivity contribution in [3.8, 4) is 0 Å². The summed E-state index contributed by atoms with van der Waals surface area (Å²) in [5.41, 5.74) is -1.23. The van der Waals surface area contributed by atoms with Gasteiger partial charge in [0.2, 0.25) is 0 Å². The number of hydrogen-bond acceptors (Lipinski definition) is 7. The van der Waals surface area contributed by atoms with Crippen LogP contribution in [-0.4, -0.2) is 61.3 Å². The highest BCUT2D eigenvalue weighted by Gasteiger charge is 2.44. The highest BCUT2D eigenvalue weighted by Crippen LogP contribution is 2.31. The van der Waals surface area contributed by atoms with Crippen molar-refractivity contribution in [3.05, 3.63) is 27.9 Å². The minimum atomic E-state index is -1.43. The minimum Gasteiger partial charge on any atom is -0.477 e. The Labute approximate surface area is 106 Å². The highest BCUT2D eigenvalue weighted by atomic mass is 16.6. The van der Waals surface area contributed by atoms with Gasteiger partial charge in [-0.15, -0.1) is 0 Å². The summed E-state index contributed by atoms with van der Waals surface area (Å²) in [7, 11) is 0. The second kappa shape index (κ2) is 5.05. The number of aliphatic hydroxyl groups is 3. The smallest absolute Gasteiger partial charge is 0.354 e. The number of aromatic amines is 1. The number of hydrogen-bond donors (Lipinski definition) is 5. The van der Waals surface area contributed by atoms with Crippen molar-refractivity contribution in [2.45, 2.75) is 24.4 Å². The molecule has 1 aliphatic rings. The predicted molar refractivity (Wildman–Crippen MR) is 58.5 cm³/mol. The maximum absolute atomic E-state index is 11.3. The summed E-state index contributed by atoms with van der Waals surface area (Å²) in [6.07, 6.45) is -5.02. The van der Waals surface area contributed by atoms with Crippen molar-refractivity contribution in [2.24, 2.45) is 0 Å². The number of rotatable bonds is 3. The Balaban J connectivity index is 2.37. The second-order valence-corrected chi connectivity index (χ2v) is 4.08. The lowest BCUT2D eigenvalue weighted by molar-refractivity contribution is -0.0254. The molecule has 0 amide bonds. The third kappa shape index (κ3) is 2.49. The van der Waals surface area contributed by atoms with Crippen molar-refractivity contribution in [2.75, 3.05) is 6.61 Å². The average molecular weight is 272 g/mol. The maximum Gasteiger partial charge on any atom is 0.354 e. The van der Waals surface area contributed by atoms with E-state index in [4.69, 9.17) is 14.9 Å². The summed E-state index contributed by atoms with van der Waals surface area (Å²) in [5.74, 6) is -1.62. The van der Waals surface area contributed by atoms with Crippen molar-refractivity contribution >= 4 is 5.97 Å². The van der Waals surface area contributed by atoms with Gasteiger partial charge in [-0.1, -0.05) is 0 Å². The molecule has 1 aromatic rings. The SMILES string of the molecule is O=C(O)c1cc(=O)[nH]c([C@@H]2O[C@H](CO)[C@@H](O)[C@H]2O)n1. The molecule has 0 aromatic carbocycles. The summed E-state index contributed by atoms with van der Waals surface area (Å²) in [6, 6.07) is 0.785. The molecule has 2 heterocycles. The lowest BCUT2D eigenvalue weighted by Gasteiger charge is -2.13. The summed E-state index contributed by atoms with van der Waals surface area (Å²) in [4.78, 5) is 28.0. The van der Waals surface area contributed by atoms with Crippen molar-refractivity contribution in [1.82, 2.24) is 9.97 Å². The molecule has 0 radical (unpaired) electrons. The summed E-state index contributed by atoms with van der Waals surface area (Å²) >= 11 is 0. The fourth-order valence-corrected chi connectivity index (χ4v) is 1.85. The van der Waals surface area contributed by atoms with Crippen LogP contribution in [0.1, 0.15) is 22.4 Å². The molecule has 1 aromatic heterocycles. The van der Waals surface area contributed by atoms with Crippen molar-refractivity contribution in [3.63, 3.8) is 0 Å². The first-order chi connectivity index (χ1) is 8.93. The minimum absolute atomic E-state index is 0.215. The molecule has 5 N–H and O–H groups in total. The monoisotopic (exact) mass is 272 g/mol. The second-order valence-electron chi connectivity index (χ2n) is 4.08. The van der Waals surface area contributed by atoms with Gasteiger partial charge in [0.05, 0.1) is 6.61 Å². The number of H-pyrrole nitrogens is 1. The molecular formula is C10H12N2O7. The average Bonchev–Trinajstić information content (AvgIpc) is 2.65. The van der Waals surface area contributed by atoms with Gasteiger partial charge < -0.3 is 30.1 Å². The first-order valence-corrected chi connectivity index (χ1v) is 5.41. The quantitative estimate of drug-likeness (QED) is 0.409. The number of nitrogens with zero attached hydrogens (tertiary/aromatic N) is 1. The molecule has 104 valence electrons. The van der Waals surface area contributed by atoms with Crippen LogP contribution in [0.2, 0.25) is 0 Å². The van der Waals surface area contributed by atoms with Gasteiger partial charge >= 0.3 is 5.97 Å². The van der Waals surface area contributed by atoms with Gasteiger partial charge in [-0.3, -0.25) is 4.79 Å². The molecular weight excluding hydrogens is 260 g/mol. The number of nitrogens with one attached hydrogen (secondary N) is 1. The summed E-state index contributed by atoms with van der Waals surface area (Å²) in [6.45, 7) is -0.530. The van der Waals surface area contributed by atoms with E-state index in [9.17, 15) is 19.8 Å². The number of aromatic nitrogens is 2. The molecule has 4 atom stereocenters. The Hall–Kier alpha value is -1.81. The Kier molecular flexibility index (Phi) is 3.62. The predicted octanol–water partition coefficient (Wildman–Crippen LogP) is -2.38. The molecule has 1 aliphatic heterocycles. The molecule has 2 rings (SSSR count). The molecule has 0 bridgehead atoms. The number of ether oxygens (including phenoxy) is 1. The highest BCUT2D eigenvalue weighted by molar-refractivity contribution is 5.85. The van der Waals surface area contributed by atoms with Crippen molar-refractivity contribution < 1.29 is 30.0 Å². The van der Waals surface area contributed by atoms with Crippen LogP contribution < -0.4 is 5.56 Å². The first-order valence-electron chi connectivity index (χ1n) is 5.41. The number of aromatic carboxylic acids is 1. The van der Waals surface area contributed by atoms with E-state index in [0.717, 1.165) is 6.07 Å². The number of carbonyl (C=O) groups is 1. The molecule has 0 aliphatic carbocycles. The van der Waals surface area contributed by atoms with Gasteiger partial charge in [0.25, 0.3) is 5.56 Å². The zero-order chi connectivity index (χ0) is 14.2. The van der Waals surface area contributed by atoms with Gasteiger partial charge in [-0.05, 0) is 0 Å². The number of aliphatic hydroxyl groups excluding tert-OH is 3. The van der Waals surface area contributed by atoms with Crippen LogP contribution in [0.4, 0.5) is 0 Å². The Morgan fingerprint density at radius 3 is 2.63 bits per heavy atom. The number of carboxylic acid groups (broad SMARTS) is 1. The Bertz CT molecular complexity index is 543. The zero-order valence-electron chi connectivity index (χ0n) is 9.55. The fourth-order valence-electron chi connectivity index (χ4n) is 1.85. The van der Waals surface area contributed by atoms with Crippen LogP contribution in [0.15, 0.2) is 10.9 Å². The van der Waals surface area contributed by atoms with E-state index in [1.54, 1.807) is 0 Å². The van der Waals surface area contributed by atoms with Gasteiger partial charge in [-0.25, -0.2) is 9.78 Å². The van der Waals surface area contributed by atoms with Crippen LogP contribution in [0.25, 0.3) is 0 Å². The molecule has 9 heteroatoms. The van der Waals surface area contributed by atoms with E-state index in [2.05, 4.69) is 9.97 Å². The van der Waals surface area contributed by atoms with Crippen LogP contribution in [0.5, 0.6) is 0 Å². The Morgan fingerprint density at radius 1 is 1.42 bits per heavy atom. The van der Waals surface area contributed by atoms with Crippen LogP contribution in [0.3, 0.4) is 0 Å².